The topological polar surface area (TPSA) is 129 Å². The number of carbonyl (C=O) groups is 1. The molecule has 6 bridgehead atoms. The van der Waals surface area contributed by atoms with E-state index in [4.69, 9.17) is 9.47 Å². The van der Waals surface area contributed by atoms with Crippen LogP contribution in [-0.2, 0) is 11.3 Å². The van der Waals surface area contributed by atoms with Crippen LogP contribution in [0.15, 0.2) is 48.7 Å². The molecule has 3 heterocycles. The van der Waals surface area contributed by atoms with Crippen LogP contribution in [0.1, 0.15) is 42.1 Å². The van der Waals surface area contributed by atoms with Crippen LogP contribution in [0.3, 0.4) is 0 Å². The number of aromatic nitrogens is 2. The molecule has 1 aromatic heterocycles. The minimum Gasteiger partial charge on any atom is -0.490 e. The van der Waals surface area contributed by atoms with Crippen LogP contribution in [0.2, 0.25) is 0 Å². The third kappa shape index (κ3) is 5.60. The fourth-order valence-corrected chi connectivity index (χ4v) is 3.93. The summed E-state index contributed by atoms with van der Waals surface area (Å²) in [5.41, 5.74) is 2.35. The van der Waals surface area contributed by atoms with Gasteiger partial charge >= 0.3 is 0 Å². The molecule has 6 rings (SSSR count). The summed E-state index contributed by atoms with van der Waals surface area (Å²) in [5, 5.41) is 17.9. The average molecular weight is 490 g/mol. The summed E-state index contributed by atoms with van der Waals surface area (Å²) in [7, 11) is 0. The lowest BCUT2D eigenvalue weighted by atomic mass is 10.0. The van der Waals surface area contributed by atoms with Gasteiger partial charge in [-0.1, -0.05) is 6.92 Å². The van der Waals surface area contributed by atoms with Gasteiger partial charge in [-0.3, -0.25) is 14.9 Å². The molecule has 36 heavy (non-hydrogen) atoms. The van der Waals surface area contributed by atoms with E-state index in [1.807, 2.05) is 25.1 Å². The standard InChI is InChI=1S/C26H27N5O5/c1-16-9-11-35-15-18-12-19(3-7-24(18)36-20-4-5-20)29-26-27-10-8-22(30-26)21-6-2-17(25(32)28-14-16)13-23(21)31(33)34/h2-3,6-8,10,12-13,16,20H,4-5,9,11,14-15H2,1H3,(H,28,32)(H,27,29,30). The number of anilines is 2. The zero-order chi connectivity index (χ0) is 25.1. The normalized spacial score (nSPS) is 18.2. The monoisotopic (exact) mass is 489 g/mol. The third-order valence-corrected chi connectivity index (χ3v) is 6.15. The van der Waals surface area contributed by atoms with Crippen molar-refractivity contribution in [1.82, 2.24) is 15.3 Å². The SMILES string of the molecule is CC1CCOCc2cc(ccc2OC2CC2)Nc2nccc(n2)-c2ccc(cc2[N+](=O)[O-])C(=O)NC1. The maximum absolute atomic E-state index is 12.7. The molecule has 0 radical (unpaired) electrons. The molecule has 2 N–H and O–H groups in total. The number of carbonyl (C=O) groups excluding carboxylic acids is 1. The van der Waals surface area contributed by atoms with Crippen LogP contribution in [0.4, 0.5) is 17.3 Å². The number of rotatable bonds is 3. The molecule has 1 aliphatic carbocycles. The van der Waals surface area contributed by atoms with E-state index in [1.54, 1.807) is 18.2 Å². The van der Waals surface area contributed by atoms with Crippen molar-refractivity contribution < 1.29 is 19.2 Å². The quantitative estimate of drug-likeness (QED) is 0.403. The van der Waals surface area contributed by atoms with Gasteiger partial charge in [0.25, 0.3) is 11.6 Å². The molecule has 1 saturated carbocycles. The first-order chi connectivity index (χ1) is 17.5. The molecule has 1 fully saturated rings. The second kappa shape index (κ2) is 10.3. The van der Waals surface area contributed by atoms with Gasteiger partial charge in [-0.15, -0.1) is 0 Å². The van der Waals surface area contributed by atoms with Gasteiger partial charge in [0.1, 0.15) is 5.75 Å². The molecule has 10 heteroatoms. The number of nitro groups is 1. The van der Waals surface area contributed by atoms with E-state index >= 15 is 0 Å². The van der Waals surface area contributed by atoms with Crippen molar-refractivity contribution in [2.24, 2.45) is 5.92 Å². The van der Waals surface area contributed by atoms with Crippen LogP contribution in [-0.4, -0.2) is 40.1 Å². The highest BCUT2D eigenvalue weighted by atomic mass is 16.6. The Morgan fingerprint density at radius 3 is 2.81 bits per heavy atom. The van der Waals surface area contributed by atoms with Crippen molar-refractivity contribution in [1.29, 1.82) is 0 Å². The fourth-order valence-electron chi connectivity index (χ4n) is 3.93. The second-order valence-electron chi connectivity index (χ2n) is 9.18. The smallest absolute Gasteiger partial charge is 0.279 e. The van der Waals surface area contributed by atoms with E-state index in [0.717, 1.165) is 36.3 Å². The lowest BCUT2D eigenvalue weighted by Gasteiger charge is -2.15. The molecule has 0 spiro atoms. The van der Waals surface area contributed by atoms with Crippen molar-refractivity contribution in [3.63, 3.8) is 0 Å². The molecule has 1 unspecified atom stereocenters. The first kappa shape index (κ1) is 23.7. The molecule has 0 saturated heterocycles. The number of hydrogen-bond donors (Lipinski definition) is 2. The Morgan fingerprint density at radius 2 is 2.00 bits per heavy atom. The van der Waals surface area contributed by atoms with E-state index in [0.29, 0.717) is 31.0 Å². The molecule has 2 aromatic carbocycles. The number of hydrogen-bond acceptors (Lipinski definition) is 8. The summed E-state index contributed by atoms with van der Waals surface area (Å²) in [6.45, 7) is 3.36. The van der Waals surface area contributed by atoms with E-state index in [1.165, 1.54) is 12.3 Å². The summed E-state index contributed by atoms with van der Waals surface area (Å²) in [6.07, 6.45) is 4.64. The largest absolute Gasteiger partial charge is 0.490 e. The van der Waals surface area contributed by atoms with Crippen LogP contribution in [0, 0.1) is 16.0 Å². The number of nitrogens with zero attached hydrogens (tertiary/aromatic N) is 3. The fraction of sp³-hybridized carbons (Fsp3) is 0.346. The number of nitrogens with one attached hydrogen (secondary N) is 2. The summed E-state index contributed by atoms with van der Waals surface area (Å²) in [4.78, 5) is 32.8. The van der Waals surface area contributed by atoms with Gasteiger partial charge in [-0.2, -0.15) is 0 Å². The Morgan fingerprint density at radius 1 is 1.14 bits per heavy atom. The zero-order valence-corrected chi connectivity index (χ0v) is 19.9. The highest BCUT2D eigenvalue weighted by Gasteiger charge is 2.25. The van der Waals surface area contributed by atoms with Crippen molar-refractivity contribution in [3.8, 4) is 17.0 Å². The Balaban J connectivity index is 1.51. The van der Waals surface area contributed by atoms with Gasteiger partial charge in [0, 0.05) is 42.2 Å². The van der Waals surface area contributed by atoms with Gasteiger partial charge < -0.3 is 20.1 Å². The number of ether oxygens (including phenoxy) is 2. The molecule has 3 aromatic rings. The summed E-state index contributed by atoms with van der Waals surface area (Å²) in [5.74, 6) is 0.882. The lowest BCUT2D eigenvalue weighted by Crippen LogP contribution is -2.28. The van der Waals surface area contributed by atoms with Gasteiger partial charge in [0.05, 0.1) is 28.9 Å². The van der Waals surface area contributed by atoms with Crippen LogP contribution < -0.4 is 15.4 Å². The second-order valence-corrected chi connectivity index (χ2v) is 9.18. The highest BCUT2D eigenvalue weighted by molar-refractivity contribution is 5.96. The average Bonchev–Trinajstić information content (AvgIpc) is 3.70. The van der Waals surface area contributed by atoms with Crippen molar-refractivity contribution >= 4 is 23.2 Å². The molecule has 2 aliphatic heterocycles. The van der Waals surface area contributed by atoms with Crippen molar-refractivity contribution in [3.05, 3.63) is 69.9 Å². The van der Waals surface area contributed by atoms with Crippen molar-refractivity contribution in [2.75, 3.05) is 18.5 Å². The molecule has 1 amide bonds. The third-order valence-electron chi connectivity index (χ3n) is 6.15. The molecule has 1 atom stereocenters. The van der Waals surface area contributed by atoms with E-state index in [2.05, 4.69) is 20.6 Å². The van der Waals surface area contributed by atoms with Crippen molar-refractivity contribution in [2.45, 2.75) is 38.9 Å². The maximum atomic E-state index is 12.7. The van der Waals surface area contributed by atoms with E-state index < -0.39 is 4.92 Å². The first-order valence-electron chi connectivity index (χ1n) is 12.0. The first-order valence-corrected chi connectivity index (χ1v) is 12.0. The Bertz CT molecular complexity index is 1290. The molecule has 186 valence electrons. The molecule has 10 nitrogen and oxygen atoms in total. The van der Waals surface area contributed by atoms with E-state index in [9.17, 15) is 14.9 Å². The van der Waals surface area contributed by atoms with Gasteiger partial charge in [-0.25, -0.2) is 9.97 Å². The minimum absolute atomic E-state index is 0.164. The van der Waals surface area contributed by atoms with Crippen LogP contribution in [0.5, 0.6) is 5.75 Å². The van der Waals surface area contributed by atoms with Crippen LogP contribution in [0.25, 0.3) is 11.3 Å². The molecular weight excluding hydrogens is 462 g/mol. The summed E-state index contributed by atoms with van der Waals surface area (Å²) >= 11 is 0. The van der Waals surface area contributed by atoms with Crippen LogP contribution >= 0.6 is 0 Å². The predicted molar refractivity (Wildman–Crippen MR) is 133 cm³/mol. The minimum atomic E-state index is -0.505. The number of amides is 1. The predicted octanol–water partition coefficient (Wildman–Crippen LogP) is 4.62. The van der Waals surface area contributed by atoms with Gasteiger partial charge in [0.2, 0.25) is 5.95 Å². The highest BCUT2D eigenvalue weighted by Crippen LogP contribution is 2.33. The van der Waals surface area contributed by atoms with E-state index in [-0.39, 0.29) is 35.1 Å². The Hall–Kier alpha value is -4.05. The Labute approximate surface area is 208 Å². The molecular formula is C26H27N5O5. The summed E-state index contributed by atoms with van der Waals surface area (Å²) < 4.78 is 12.0. The lowest BCUT2D eigenvalue weighted by molar-refractivity contribution is -0.384. The number of benzene rings is 2. The van der Waals surface area contributed by atoms with Gasteiger partial charge in [0.15, 0.2) is 0 Å². The number of fused-ring (bicyclic) bond motifs is 9. The molecule has 3 aliphatic rings. The Kier molecular flexibility index (Phi) is 6.77. The maximum Gasteiger partial charge on any atom is 0.279 e. The zero-order valence-electron chi connectivity index (χ0n) is 19.9. The van der Waals surface area contributed by atoms with Gasteiger partial charge in [-0.05, 0) is 61.6 Å². The number of nitro benzene ring substituents is 1. The summed E-state index contributed by atoms with van der Waals surface area (Å²) in [6, 6.07) is 11.7.